The lowest BCUT2D eigenvalue weighted by atomic mass is 10.0. The molecular weight excluding hydrogens is 340 g/mol. The van der Waals surface area contributed by atoms with E-state index in [-0.39, 0.29) is 0 Å². The first-order valence-electron chi connectivity index (χ1n) is 9.30. The Bertz CT molecular complexity index is 941. The number of aryl methyl sites for hydroxylation is 1. The number of amides is 1. The highest BCUT2D eigenvalue weighted by Gasteiger charge is 2.17. The summed E-state index contributed by atoms with van der Waals surface area (Å²) in [5.41, 5.74) is 3.09. The molecule has 0 aliphatic heterocycles. The number of pyridine rings is 1. The summed E-state index contributed by atoms with van der Waals surface area (Å²) in [6.07, 6.45) is 4.53. The smallest absolute Gasteiger partial charge is 0.412 e. The van der Waals surface area contributed by atoms with Crippen molar-refractivity contribution in [3.8, 4) is 11.4 Å². The molecule has 2 heterocycles. The predicted octanol–water partition coefficient (Wildman–Crippen LogP) is 5.09. The molecule has 0 unspecified atom stereocenters. The second-order valence-corrected chi connectivity index (χ2v) is 7.54. The lowest BCUT2D eigenvalue weighted by Gasteiger charge is -2.19. The van der Waals surface area contributed by atoms with Crippen LogP contribution in [0.2, 0.25) is 0 Å². The fourth-order valence-electron chi connectivity index (χ4n) is 2.82. The van der Waals surface area contributed by atoms with E-state index in [0.717, 1.165) is 30.5 Å². The Morgan fingerprint density at radius 3 is 2.70 bits per heavy atom. The van der Waals surface area contributed by atoms with Gasteiger partial charge in [0, 0.05) is 5.56 Å². The number of nitrogens with one attached hydrogen (secondary N) is 1. The fourth-order valence-corrected chi connectivity index (χ4v) is 2.82. The molecule has 0 aliphatic rings. The highest BCUT2D eigenvalue weighted by atomic mass is 16.6. The van der Waals surface area contributed by atoms with Crippen LogP contribution in [0.4, 0.5) is 10.5 Å². The zero-order valence-electron chi connectivity index (χ0n) is 16.3. The highest BCUT2D eigenvalue weighted by molar-refractivity contribution is 5.84. The number of anilines is 1. The third-order valence-electron chi connectivity index (χ3n) is 4.03. The molecule has 142 valence electrons. The summed E-state index contributed by atoms with van der Waals surface area (Å²) >= 11 is 0. The zero-order valence-corrected chi connectivity index (χ0v) is 16.3. The van der Waals surface area contributed by atoms with Crippen LogP contribution in [0.5, 0.6) is 0 Å². The van der Waals surface area contributed by atoms with Gasteiger partial charge < -0.3 is 4.74 Å². The molecule has 1 amide bonds. The molecule has 1 aromatic carbocycles. The van der Waals surface area contributed by atoms with Crippen molar-refractivity contribution in [2.75, 3.05) is 5.32 Å². The Morgan fingerprint density at radius 2 is 1.96 bits per heavy atom. The molecule has 6 heteroatoms. The number of unbranched alkanes of at least 4 members (excludes halogenated alkanes) is 1. The first-order chi connectivity index (χ1) is 12.9. The first-order valence-corrected chi connectivity index (χ1v) is 9.30. The topological polar surface area (TPSA) is 68.5 Å². The van der Waals surface area contributed by atoms with E-state index in [1.807, 2.05) is 39.0 Å². The summed E-state index contributed by atoms with van der Waals surface area (Å²) in [7, 11) is 0. The van der Waals surface area contributed by atoms with E-state index < -0.39 is 11.7 Å². The molecule has 0 saturated carbocycles. The van der Waals surface area contributed by atoms with Crippen LogP contribution in [0, 0.1) is 0 Å². The number of hydrogen-bond acceptors (Lipinski definition) is 4. The Balaban J connectivity index is 1.86. The summed E-state index contributed by atoms with van der Waals surface area (Å²) in [6.45, 7) is 7.67. The Kier molecular flexibility index (Phi) is 5.44. The van der Waals surface area contributed by atoms with E-state index in [1.165, 1.54) is 5.56 Å². The average molecular weight is 366 g/mol. The highest BCUT2D eigenvalue weighted by Crippen LogP contribution is 2.23. The standard InChI is InChI=1S/C21H26N4O2/c1-5-6-9-15-10-7-8-11-17(15)19-23-18-13-12-16(14-25(18)24-19)22-20(26)27-21(2,3)4/h7-8,10-14H,5-6,9H2,1-4H3,(H,22,26). The van der Waals surface area contributed by atoms with E-state index in [1.54, 1.807) is 16.8 Å². The average Bonchev–Trinajstić information content (AvgIpc) is 3.01. The van der Waals surface area contributed by atoms with Gasteiger partial charge in [0.15, 0.2) is 11.5 Å². The van der Waals surface area contributed by atoms with Crippen LogP contribution in [0.1, 0.15) is 46.1 Å². The lowest BCUT2D eigenvalue weighted by Crippen LogP contribution is -2.27. The van der Waals surface area contributed by atoms with E-state index in [2.05, 4.69) is 34.5 Å². The summed E-state index contributed by atoms with van der Waals surface area (Å²) < 4.78 is 6.97. The predicted molar refractivity (Wildman–Crippen MR) is 107 cm³/mol. The molecule has 6 nitrogen and oxygen atoms in total. The van der Waals surface area contributed by atoms with Crippen molar-refractivity contribution >= 4 is 17.4 Å². The molecule has 1 N–H and O–H groups in total. The molecule has 2 aromatic heterocycles. The van der Waals surface area contributed by atoms with E-state index >= 15 is 0 Å². The van der Waals surface area contributed by atoms with Gasteiger partial charge in [0.05, 0.1) is 11.9 Å². The summed E-state index contributed by atoms with van der Waals surface area (Å²) in [4.78, 5) is 16.6. The molecule has 3 rings (SSSR count). The number of aromatic nitrogens is 3. The third-order valence-corrected chi connectivity index (χ3v) is 4.03. The SMILES string of the molecule is CCCCc1ccccc1-c1nc2ccc(NC(=O)OC(C)(C)C)cn2n1. The molecule has 0 fully saturated rings. The third kappa shape index (κ3) is 4.84. The lowest BCUT2D eigenvalue weighted by molar-refractivity contribution is 0.0636. The Morgan fingerprint density at radius 1 is 1.19 bits per heavy atom. The minimum absolute atomic E-state index is 0.493. The van der Waals surface area contributed by atoms with Crippen LogP contribution in [-0.4, -0.2) is 26.3 Å². The van der Waals surface area contributed by atoms with Crippen molar-refractivity contribution in [2.45, 2.75) is 52.6 Å². The quantitative estimate of drug-likeness (QED) is 0.683. The van der Waals surface area contributed by atoms with Crippen LogP contribution >= 0.6 is 0 Å². The van der Waals surface area contributed by atoms with Crippen molar-refractivity contribution in [1.82, 2.24) is 14.6 Å². The maximum absolute atomic E-state index is 12.0. The Labute approximate surface area is 159 Å². The molecule has 0 saturated heterocycles. The maximum atomic E-state index is 12.0. The maximum Gasteiger partial charge on any atom is 0.412 e. The van der Waals surface area contributed by atoms with Crippen molar-refractivity contribution in [3.63, 3.8) is 0 Å². The minimum Gasteiger partial charge on any atom is -0.444 e. The number of fused-ring (bicyclic) bond motifs is 1. The van der Waals surface area contributed by atoms with Gasteiger partial charge in [-0.1, -0.05) is 37.6 Å². The zero-order chi connectivity index (χ0) is 19.4. The van der Waals surface area contributed by atoms with Gasteiger partial charge in [-0.3, -0.25) is 5.32 Å². The van der Waals surface area contributed by atoms with Gasteiger partial charge in [0.1, 0.15) is 5.60 Å². The number of benzene rings is 1. The molecule has 0 radical (unpaired) electrons. The number of hydrogen-bond donors (Lipinski definition) is 1. The van der Waals surface area contributed by atoms with Gasteiger partial charge in [-0.15, -0.1) is 5.10 Å². The second-order valence-electron chi connectivity index (χ2n) is 7.54. The molecule has 0 bridgehead atoms. The van der Waals surface area contributed by atoms with Gasteiger partial charge in [-0.05, 0) is 51.3 Å². The van der Waals surface area contributed by atoms with Crippen molar-refractivity contribution in [3.05, 3.63) is 48.2 Å². The number of ether oxygens (including phenoxy) is 1. The molecule has 0 aliphatic carbocycles. The molecular formula is C21H26N4O2. The van der Waals surface area contributed by atoms with Crippen molar-refractivity contribution in [2.24, 2.45) is 0 Å². The van der Waals surface area contributed by atoms with Crippen LogP contribution in [-0.2, 0) is 11.2 Å². The number of nitrogens with zero attached hydrogens (tertiary/aromatic N) is 3. The summed E-state index contributed by atoms with van der Waals surface area (Å²) in [5, 5.41) is 7.34. The fraction of sp³-hybridized carbons (Fsp3) is 0.381. The van der Waals surface area contributed by atoms with Gasteiger partial charge in [0.25, 0.3) is 0 Å². The van der Waals surface area contributed by atoms with E-state index in [9.17, 15) is 4.79 Å². The summed E-state index contributed by atoms with van der Waals surface area (Å²) in [6, 6.07) is 11.9. The number of carbonyl (C=O) groups is 1. The summed E-state index contributed by atoms with van der Waals surface area (Å²) in [5.74, 6) is 0.691. The van der Waals surface area contributed by atoms with Gasteiger partial charge in [0.2, 0.25) is 0 Å². The van der Waals surface area contributed by atoms with Crippen molar-refractivity contribution in [1.29, 1.82) is 0 Å². The Hall–Kier alpha value is -2.89. The number of rotatable bonds is 5. The largest absolute Gasteiger partial charge is 0.444 e. The van der Waals surface area contributed by atoms with Crippen LogP contribution in [0.15, 0.2) is 42.6 Å². The van der Waals surface area contributed by atoms with E-state index in [0.29, 0.717) is 11.5 Å². The van der Waals surface area contributed by atoms with Gasteiger partial charge in [-0.2, -0.15) is 0 Å². The second kappa shape index (κ2) is 7.78. The van der Waals surface area contributed by atoms with Gasteiger partial charge in [-0.25, -0.2) is 14.3 Å². The van der Waals surface area contributed by atoms with Gasteiger partial charge >= 0.3 is 6.09 Å². The number of carbonyl (C=O) groups excluding carboxylic acids is 1. The molecule has 27 heavy (non-hydrogen) atoms. The van der Waals surface area contributed by atoms with E-state index in [4.69, 9.17) is 4.74 Å². The van der Waals surface area contributed by atoms with Crippen LogP contribution in [0.3, 0.4) is 0 Å². The molecule has 0 spiro atoms. The van der Waals surface area contributed by atoms with Crippen LogP contribution < -0.4 is 5.32 Å². The van der Waals surface area contributed by atoms with Crippen LogP contribution in [0.25, 0.3) is 17.0 Å². The molecule has 0 atom stereocenters. The molecule has 3 aromatic rings. The monoisotopic (exact) mass is 366 g/mol. The minimum atomic E-state index is -0.545. The normalized spacial score (nSPS) is 11.6. The first kappa shape index (κ1) is 18.9. The van der Waals surface area contributed by atoms with Crippen molar-refractivity contribution < 1.29 is 9.53 Å².